The Bertz CT molecular complexity index is 333. The maximum atomic E-state index is 4.55. The first-order chi connectivity index (χ1) is 8.70. The van der Waals surface area contributed by atoms with Crippen molar-refractivity contribution in [2.24, 2.45) is 16.9 Å². The molecule has 0 amide bonds. The molecule has 102 valence electrons. The number of nitrogens with one attached hydrogen (secondary N) is 1. The van der Waals surface area contributed by atoms with Gasteiger partial charge in [-0.3, -0.25) is 5.43 Å². The third kappa shape index (κ3) is 3.53. The van der Waals surface area contributed by atoms with E-state index in [2.05, 4.69) is 36.8 Å². The molecule has 18 heavy (non-hydrogen) atoms. The molecule has 1 fully saturated rings. The first kappa shape index (κ1) is 14.0. The second-order valence-corrected chi connectivity index (χ2v) is 7.07. The molecule has 2 nitrogen and oxygen atoms in total. The van der Waals surface area contributed by atoms with Crippen LogP contribution in [0.4, 0.5) is 0 Å². The number of fused-ring (bicyclic) bond motifs is 1. The molecule has 0 bridgehead atoms. The molecule has 0 aromatic carbocycles. The van der Waals surface area contributed by atoms with Gasteiger partial charge < -0.3 is 0 Å². The fourth-order valence-corrected chi connectivity index (χ4v) is 3.81. The highest BCUT2D eigenvalue weighted by molar-refractivity contribution is 7.99. The number of allylic oxidation sites excluding steroid dienone is 1. The van der Waals surface area contributed by atoms with E-state index < -0.39 is 0 Å². The summed E-state index contributed by atoms with van der Waals surface area (Å²) in [5, 5.41) is 5.41. The van der Waals surface area contributed by atoms with Crippen molar-refractivity contribution in [3.8, 4) is 0 Å². The fraction of sp³-hybridized carbons (Fsp3) is 0.800. The monoisotopic (exact) mass is 266 g/mol. The maximum absolute atomic E-state index is 4.55. The van der Waals surface area contributed by atoms with E-state index in [1.54, 1.807) is 5.57 Å². The van der Waals surface area contributed by atoms with Crippen LogP contribution < -0.4 is 5.43 Å². The molecule has 0 spiro atoms. The summed E-state index contributed by atoms with van der Waals surface area (Å²) >= 11 is 2.04. The molecular formula is C15H26N2S. The number of nitrogens with zero attached hydrogens (tertiary/aromatic N) is 1. The van der Waals surface area contributed by atoms with Crippen LogP contribution in [0, 0.1) is 11.8 Å². The highest BCUT2D eigenvalue weighted by Crippen LogP contribution is 2.34. The summed E-state index contributed by atoms with van der Waals surface area (Å²) in [6, 6.07) is 0. The molecule has 0 aromatic rings. The van der Waals surface area contributed by atoms with E-state index in [1.165, 1.54) is 37.8 Å². The van der Waals surface area contributed by atoms with Crippen molar-refractivity contribution in [1.29, 1.82) is 0 Å². The first-order valence-electron chi connectivity index (χ1n) is 7.24. The van der Waals surface area contributed by atoms with Crippen molar-refractivity contribution in [3.05, 3.63) is 11.8 Å². The Morgan fingerprint density at radius 3 is 2.94 bits per heavy atom. The molecule has 1 aliphatic carbocycles. The summed E-state index contributed by atoms with van der Waals surface area (Å²) in [4.78, 5) is 0. The molecule has 0 saturated heterocycles. The van der Waals surface area contributed by atoms with Crippen molar-refractivity contribution in [2.45, 2.75) is 57.6 Å². The average Bonchev–Trinajstić information content (AvgIpc) is 2.30. The SMILES string of the molecule is CSC1CCCC2C(=CNN=C2CC(C)C)CC1. The van der Waals surface area contributed by atoms with Gasteiger partial charge >= 0.3 is 0 Å². The average molecular weight is 266 g/mol. The highest BCUT2D eigenvalue weighted by atomic mass is 32.2. The predicted octanol–water partition coefficient (Wildman–Crippen LogP) is 4.19. The van der Waals surface area contributed by atoms with Crippen LogP contribution in [-0.4, -0.2) is 17.2 Å². The predicted molar refractivity (Wildman–Crippen MR) is 82.0 cm³/mol. The van der Waals surface area contributed by atoms with E-state index in [0.29, 0.717) is 11.8 Å². The summed E-state index contributed by atoms with van der Waals surface area (Å²) in [5.41, 5.74) is 6.13. The smallest absolute Gasteiger partial charge is 0.0456 e. The minimum absolute atomic E-state index is 0.636. The van der Waals surface area contributed by atoms with Gasteiger partial charge in [0.15, 0.2) is 0 Å². The molecule has 2 rings (SSSR count). The summed E-state index contributed by atoms with van der Waals surface area (Å²) < 4.78 is 0. The van der Waals surface area contributed by atoms with E-state index in [9.17, 15) is 0 Å². The van der Waals surface area contributed by atoms with Gasteiger partial charge in [0.05, 0.1) is 0 Å². The molecule has 1 heterocycles. The third-order valence-electron chi connectivity index (χ3n) is 4.03. The van der Waals surface area contributed by atoms with Gasteiger partial charge in [0.25, 0.3) is 0 Å². The molecular weight excluding hydrogens is 240 g/mol. The van der Waals surface area contributed by atoms with Crippen LogP contribution in [0.1, 0.15) is 52.4 Å². The molecule has 0 aromatic heterocycles. The largest absolute Gasteiger partial charge is 0.286 e. The number of rotatable bonds is 3. The minimum Gasteiger partial charge on any atom is -0.286 e. The molecule has 0 radical (unpaired) electrons. The molecule has 2 unspecified atom stereocenters. The third-order valence-corrected chi connectivity index (χ3v) is 5.17. The van der Waals surface area contributed by atoms with Crippen molar-refractivity contribution < 1.29 is 0 Å². The molecule has 2 aliphatic rings. The van der Waals surface area contributed by atoms with Crippen LogP contribution in [0.15, 0.2) is 16.9 Å². The Hall–Kier alpha value is -0.440. The van der Waals surface area contributed by atoms with Crippen LogP contribution >= 0.6 is 11.8 Å². The Labute approximate surface area is 116 Å². The number of hydrazone groups is 1. The highest BCUT2D eigenvalue weighted by Gasteiger charge is 2.26. The van der Waals surface area contributed by atoms with Crippen LogP contribution in [0.3, 0.4) is 0 Å². The summed E-state index contributed by atoms with van der Waals surface area (Å²) in [5.74, 6) is 1.34. The van der Waals surface area contributed by atoms with Gasteiger partial charge in [-0.05, 0) is 49.9 Å². The first-order valence-corrected chi connectivity index (χ1v) is 8.53. The molecule has 1 saturated carbocycles. The lowest BCUT2D eigenvalue weighted by Crippen LogP contribution is -2.28. The van der Waals surface area contributed by atoms with E-state index in [4.69, 9.17) is 0 Å². The van der Waals surface area contributed by atoms with E-state index >= 15 is 0 Å². The zero-order valence-electron chi connectivity index (χ0n) is 11.9. The Kier molecular flexibility index (Phi) is 5.16. The van der Waals surface area contributed by atoms with Crippen LogP contribution in [0.25, 0.3) is 0 Å². The van der Waals surface area contributed by atoms with Crippen LogP contribution in [0.2, 0.25) is 0 Å². The lowest BCUT2D eigenvalue weighted by atomic mass is 9.81. The fourth-order valence-electron chi connectivity index (χ4n) is 3.05. The quantitative estimate of drug-likeness (QED) is 0.828. The van der Waals surface area contributed by atoms with Crippen molar-refractivity contribution in [1.82, 2.24) is 5.43 Å². The van der Waals surface area contributed by atoms with Gasteiger partial charge in [0.2, 0.25) is 0 Å². The van der Waals surface area contributed by atoms with Crippen LogP contribution in [0.5, 0.6) is 0 Å². The second kappa shape index (κ2) is 6.65. The Morgan fingerprint density at radius 1 is 1.39 bits per heavy atom. The van der Waals surface area contributed by atoms with Gasteiger partial charge in [0.1, 0.15) is 0 Å². The Morgan fingerprint density at radius 2 is 2.22 bits per heavy atom. The summed E-state index contributed by atoms with van der Waals surface area (Å²) in [7, 11) is 0. The van der Waals surface area contributed by atoms with Gasteiger partial charge in [-0.1, -0.05) is 20.3 Å². The van der Waals surface area contributed by atoms with E-state index in [1.807, 2.05) is 11.8 Å². The number of thioether (sulfide) groups is 1. The molecule has 1 N–H and O–H groups in total. The zero-order chi connectivity index (χ0) is 13.0. The van der Waals surface area contributed by atoms with Gasteiger partial charge in [0, 0.05) is 23.1 Å². The second-order valence-electron chi connectivity index (χ2n) is 5.93. The number of hydrogen-bond donors (Lipinski definition) is 1. The minimum atomic E-state index is 0.636. The lowest BCUT2D eigenvalue weighted by Gasteiger charge is -2.30. The Balaban J connectivity index is 2.03. The van der Waals surface area contributed by atoms with Crippen molar-refractivity contribution in [3.63, 3.8) is 0 Å². The van der Waals surface area contributed by atoms with E-state index in [0.717, 1.165) is 11.7 Å². The number of hydrogen-bond acceptors (Lipinski definition) is 3. The van der Waals surface area contributed by atoms with Crippen molar-refractivity contribution in [2.75, 3.05) is 6.26 Å². The lowest BCUT2D eigenvalue weighted by molar-refractivity contribution is 0.514. The van der Waals surface area contributed by atoms with E-state index in [-0.39, 0.29) is 0 Å². The van der Waals surface area contributed by atoms with Crippen LogP contribution in [-0.2, 0) is 0 Å². The molecule has 3 heteroatoms. The standard InChI is InChI=1S/C15H26N2S/c1-11(2)9-15-14-6-4-5-13(18-3)8-7-12(14)10-16-17-15/h10-11,13-14,16H,4-9H2,1-3H3. The molecule has 2 atom stereocenters. The topological polar surface area (TPSA) is 24.4 Å². The normalized spacial score (nSPS) is 28.7. The van der Waals surface area contributed by atoms with Crippen molar-refractivity contribution >= 4 is 17.5 Å². The van der Waals surface area contributed by atoms with Gasteiger partial charge in [-0.15, -0.1) is 0 Å². The van der Waals surface area contributed by atoms with Gasteiger partial charge in [-0.2, -0.15) is 16.9 Å². The van der Waals surface area contributed by atoms with Gasteiger partial charge in [-0.25, -0.2) is 0 Å². The summed E-state index contributed by atoms with van der Waals surface area (Å²) in [6.07, 6.45) is 12.2. The summed E-state index contributed by atoms with van der Waals surface area (Å²) in [6.45, 7) is 4.57. The molecule has 1 aliphatic heterocycles. The maximum Gasteiger partial charge on any atom is 0.0456 e. The zero-order valence-corrected chi connectivity index (χ0v) is 12.7.